The zero-order valence-electron chi connectivity index (χ0n) is 11.3. The van der Waals surface area contributed by atoms with Crippen LogP contribution in [0.5, 0.6) is 5.75 Å². The minimum absolute atomic E-state index is 0.0765. The molecule has 0 aliphatic rings. The van der Waals surface area contributed by atoms with Gasteiger partial charge in [-0.25, -0.2) is 8.42 Å². The molecular formula is C14H15IN2O3S. The van der Waals surface area contributed by atoms with Crippen LogP contribution in [0.1, 0.15) is 5.56 Å². The monoisotopic (exact) mass is 418 g/mol. The quantitative estimate of drug-likeness (QED) is 0.732. The number of sulfonamides is 1. The smallest absolute Gasteiger partial charge is 0.265 e. The maximum Gasteiger partial charge on any atom is 0.265 e. The van der Waals surface area contributed by atoms with Gasteiger partial charge in [-0.05, 0) is 52.4 Å². The SMILES string of the molecule is COc1ccc(CN)cc1S(=O)(=O)Nc1ccccc1I. The van der Waals surface area contributed by atoms with E-state index in [1.807, 2.05) is 12.1 Å². The van der Waals surface area contributed by atoms with Gasteiger partial charge in [0.1, 0.15) is 10.6 Å². The van der Waals surface area contributed by atoms with Gasteiger partial charge in [-0.3, -0.25) is 4.72 Å². The van der Waals surface area contributed by atoms with Crippen molar-refractivity contribution in [2.75, 3.05) is 11.8 Å². The second-order valence-corrected chi connectivity index (χ2v) is 7.09. The number of hydrogen-bond donors (Lipinski definition) is 2. The van der Waals surface area contributed by atoms with Gasteiger partial charge in [0.15, 0.2) is 0 Å². The van der Waals surface area contributed by atoms with E-state index in [0.717, 1.165) is 9.13 Å². The first-order valence-electron chi connectivity index (χ1n) is 6.12. The fourth-order valence-electron chi connectivity index (χ4n) is 1.80. The Labute approximate surface area is 137 Å². The van der Waals surface area contributed by atoms with Gasteiger partial charge < -0.3 is 10.5 Å². The summed E-state index contributed by atoms with van der Waals surface area (Å²) in [7, 11) is -2.31. The van der Waals surface area contributed by atoms with Crippen molar-refractivity contribution in [3.63, 3.8) is 0 Å². The molecule has 0 bridgehead atoms. The first-order valence-corrected chi connectivity index (χ1v) is 8.68. The Morgan fingerprint density at radius 3 is 2.57 bits per heavy atom. The van der Waals surface area contributed by atoms with E-state index in [2.05, 4.69) is 27.3 Å². The van der Waals surface area contributed by atoms with Crippen molar-refractivity contribution in [1.82, 2.24) is 0 Å². The summed E-state index contributed by atoms with van der Waals surface area (Å²) < 4.78 is 33.7. The summed E-state index contributed by atoms with van der Waals surface area (Å²) >= 11 is 2.07. The fourth-order valence-corrected chi connectivity index (χ4v) is 3.81. The zero-order chi connectivity index (χ0) is 15.5. The summed E-state index contributed by atoms with van der Waals surface area (Å²) in [5.74, 6) is 0.283. The number of halogens is 1. The second-order valence-electron chi connectivity index (χ2n) is 4.27. The summed E-state index contributed by atoms with van der Waals surface area (Å²) in [5.41, 5.74) is 6.82. The van der Waals surface area contributed by atoms with Crippen LogP contribution in [0, 0.1) is 3.57 Å². The van der Waals surface area contributed by atoms with Gasteiger partial charge in [0, 0.05) is 10.1 Å². The maximum absolute atomic E-state index is 12.6. The lowest BCUT2D eigenvalue weighted by atomic mass is 10.2. The Kier molecular flexibility index (Phi) is 5.07. The maximum atomic E-state index is 12.6. The molecule has 7 heteroatoms. The summed E-state index contributed by atoms with van der Waals surface area (Å²) in [6, 6.07) is 12.0. The number of methoxy groups -OCH3 is 1. The Hall–Kier alpha value is -1.32. The van der Waals surface area contributed by atoms with Crippen molar-refractivity contribution in [3.8, 4) is 5.75 Å². The second kappa shape index (κ2) is 6.63. The average Bonchev–Trinajstić information content (AvgIpc) is 2.48. The van der Waals surface area contributed by atoms with Gasteiger partial charge in [0.2, 0.25) is 0 Å². The largest absolute Gasteiger partial charge is 0.495 e. The summed E-state index contributed by atoms with van der Waals surface area (Å²) in [6.07, 6.45) is 0. The Morgan fingerprint density at radius 1 is 1.24 bits per heavy atom. The number of ether oxygens (including phenoxy) is 1. The van der Waals surface area contributed by atoms with Crippen molar-refractivity contribution >= 4 is 38.3 Å². The minimum atomic E-state index is -3.75. The number of nitrogens with two attached hydrogens (primary N) is 1. The van der Waals surface area contributed by atoms with Crippen LogP contribution in [0.2, 0.25) is 0 Å². The van der Waals surface area contributed by atoms with E-state index >= 15 is 0 Å². The third kappa shape index (κ3) is 3.66. The first kappa shape index (κ1) is 16.1. The van der Waals surface area contributed by atoms with E-state index in [4.69, 9.17) is 10.5 Å². The number of nitrogens with one attached hydrogen (secondary N) is 1. The van der Waals surface area contributed by atoms with Crippen molar-refractivity contribution in [1.29, 1.82) is 0 Å². The van der Waals surface area contributed by atoms with E-state index in [9.17, 15) is 8.42 Å². The standard InChI is InChI=1S/C14H15IN2O3S/c1-20-13-7-6-10(9-16)8-14(13)21(18,19)17-12-5-3-2-4-11(12)15/h2-8,17H,9,16H2,1H3. The van der Waals surface area contributed by atoms with Crippen LogP contribution < -0.4 is 15.2 Å². The van der Waals surface area contributed by atoms with Gasteiger partial charge in [-0.2, -0.15) is 0 Å². The average molecular weight is 418 g/mol. The molecule has 2 rings (SSSR count). The molecule has 0 unspecified atom stereocenters. The van der Waals surface area contributed by atoms with Gasteiger partial charge in [-0.15, -0.1) is 0 Å². The van der Waals surface area contributed by atoms with Gasteiger partial charge >= 0.3 is 0 Å². The lowest BCUT2D eigenvalue weighted by Crippen LogP contribution is -2.15. The molecule has 0 fully saturated rings. The molecule has 112 valence electrons. The number of benzene rings is 2. The number of hydrogen-bond acceptors (Lipinski definition) is 4. The van der Waals surface area contributed by atoms with Crippen LogP contribution in [-0.2, 0) is 16.6 Å². The van der Waals surface area contributed by atoms with Crippen molar-refractivity contribution in [2.24, 2.45) is 5.73 Å². The molecule has 0 aromatic heterocycles. The molecule has 21 heavy (non-hydrogen) atoms. The molecule has 2 aromatic carbocycles. The fraction of sp³-hybridized carbons (Fsp3) is 0.143. The minimum Gasteiger partial charge on any atom is -0.495 e. The third-order valence-corrected chi connectivity index (χ3v) is 5.20. The van der Waals surface area contributed by atoms with Crippen molar-refractivity contribution in [2.45, 2.75) is 11.4 Å². The highest BCUT2D eigenvalue weighted by Gasteiger charge is 2.20. The molecule has 0 saturated carbocycles. The van der Waals surface area contributed by atoms with E-state index < -0.39 is 10.0 Å². The third-order valence-electron chi connectivity index (χ3n) is 2.87. The lowest BCUT2D eigenvalue weighted by Gasteiger charge is -2.13. The normalized spacial score (nSPS) is 11.2. The molecule has 0 radical (unpaired) electrons. The van der Waals surface area contributed by atoms with Crippen molar-refractivity contribution in [3.05, 3.63) is 51.6 Å². The molecule has 0 aliphatic carbocycles. The van der Waals surface area contributed by atoms with Crippen molar-refractivity contribution < 1.29 is 13.2 Å². The molecule has 0 spiro atoms. The molecule has 5 nitrogen and oxygen atoms in total. The van der Waals surface area contributed by atoms with Crippen LogP contribution >= 0.6 is 22.6 Å². The summed E-state index contributed by atoms with van der Waals surface area (Å²) in [5, 5.41) is 0. The predicted octanol–water partition coefficient (Wildman–Crippen LogP) is 2.56. The molecule has 0 aliphatic heterocycles. The lowest BCUT2D eigenvalue weighted by molar-refractivity contribution is 0.402. The molecule has 0 heterocycles. The number of rotatable bonds is 5. The molecule has 0 saturated heterocycles. The molecule has 2 aromatic rings. The molecule has 0 amide bonds. The first-order chi connectivity index (χ1) is 9.97. The predicted molar refractivity (Wildman–Crippen MR) is 90.9 cm³/mol. The van der Waals surface area contributed by atoms with Crippen LogP contribution in [0.15, 0.2) is 47.4 Å². The van der Waals surface area contributed by atoms with E-state index in [1.165, 1.54) is 13.2 Å². The summed E-state index contributed by atoms with van der Waals surface area (Å²) in [4.78, 5) is 0.0765. The molecule has 0 atom stereocenters. The number of para-hydroxylation sites is 1. The van der Waals surface area contributed by atoms with Gasteiger partial charge in [-0.1, -0.05) is 18.2 Å². The van der Waals surface area contributed by atoms with Crippen LogP contribution in [-0.4, -0.2) is 15.5 Å². The molecule has 3 N–H and O–H groups in total. The van der Waals surface area contributed by atoms with Gasteiger partial charge in [0.25, 0.3) is 10.0 Å². The Bertz CT molecular complexity index is 748. The molecular weight excluding hydrogens is 403 g/mol. The topological polar surface area (TPSA) is 81.4 Å². The highest BCUT2D eigenvalue weighted by molar-refractivity contribution is 14.1. The zero-order valence-corrected chi connectivity index (χ0v) is 14.3. The van der Waals surface area contributed by atoms with E-state index in [-0.39, 0.29) is 17.2 Å². The van der Waals surface area contributed by atoms with Crippen LogP contribution in [0.25, 0.3) is 0 Å². The summed E-state index contributed by atoms with van der Waals surface area (Å²) in [6.45, 7) is 0.259. The van der Waals surface area contributed by atoms with E-state index in [0.29, 0.717) is 5.69 Å². The number of anilines is 1. The Morgan fingerprint density at radius 2 is 1.95 bits per heavy atom. The highest BCUT2D eigenvalue weighted by Crippen LogP contribution is 2.28. The highest BCUT2D eigenvalue weighted by atomic mass is 127. The Balaban J connectivity index is 2.46. The van der Waals surface area contributed by atoms with Crippen LogP contribution in [0.3, 0.4) is 0 Å². The van der Waals surface area contributed by atoms with Gasteiger partial charge in [0.05, 0.1) is 12.8 Å². The van der Waals surface area contributed by atoms with Crippen LogP contribution in [0.4, 0.5) is 5.69 Å². The van der Waals surface area contributed by atoms with E-state index in [1.54, 1.807) is 24.3 Å².